The molecule has 1 aliphatic carbocycles. The Morgan fingerprint density at radius 2 is 1.47 bits per heavy atom. The summed E-state index contributed by atoms with van der Waals surface area (Å²) in [5.74, 6) is -0.256. The van der Waals surface area contributed by atoms with Crippen LogP contribution in [0, 0.1) is 11.7 Å². The van der Waals surface area contributed by atoms with Crippen LogP contribution in [0.3, 0.4) is 0 Å². The molecule has 5 aliphatic rings. The highest BCUT2D eigenvalue weighted by Crippen LogP contribution is 2.30. The second-order valence-corrected chi connectivity index (χ2v) is 19.1. The molecule has 0 spiro atoms. The maximum Gasteiger partial charge on any atom is 0.343 e. The van der Waals surface area contributed by atoms with E-state index in [1.54, 1.807) is 54.2 Å². The Morgan fingerprint density at radius 3 is 2.10 bits per heavy atom. The molecule has 4 amide bonds. The highest BCUT2D eigenvalue weighted by Gasteiger charge is 2.33. The van der Waals surface area contributed by atoms with Gasteiger partial charge in [-0.15, -0.1) is 0 Å². The van der Waals surface area contributed by atoms with Crippen molar-refractivity contribution in [2.45, 2.75) is 76.4 Å². The van der Waals surface area contributed by atoms with E-state index in [-0.39, 0.29) is 48.5 Å². The normalized spacial score (nSPS) is 21.8. The minimum Gasteiger partial charge on any atom is -0.462 e. The lowest BCUT2D eigenvalue weighted by molar-refractivity contribution is -0.133. The number of carbonyl (C=O) groups excluding carboxylic acids is 5. The van der Waals surface area contributed by atoms with Crippen molar-refractivity contribution in [3.05, 3.63) is 83.6 Å². The fourth-order valence-electron chi connectivity index (χ4n) is 10.5. The van der Waals surface area contributed by atoms with Crippen molar-refractivity contribution < 1.29 is 33.1 Å². The van der Waals surface area contributed by atoms with Crippen LogP contribution in [0.1, 0.15) is 89.4 Å². The van der Waals surface area contributed by atoms with Gasteiger partial charge in [-0.25, -0.2) is 14.2 Å². The summed E-state index contributed by atoms with van der Waals surface area (Å²) in [6, 6.07) is 12.0. The van der Waals surface area contributed by atoms with Crippen LogP contribution in [0.4, 0.5) is 33.2 Å². The van der Waals surface area contributed by atoms with Gasteiger partial charge in [0.2, 0.25) is 17.8 Å². The average Bonchev–Trinajstić information content (AvgIpc) is 3.79. The molecule has 4 N–H and O–H groups in total. The zero-order valence-corrected chi connectivity index (χ0v) is 40.1. The van der Waals surface area contributed by atoms with Crippen LogP contribution in [-0.2, 0) is 21.4 Å². The molecule has 0 radical (unpaired) electrons. The summed E-state index contributed by atoms with van der Waals surface area (Å²) in [6.45, 7) is 10.2. The van der Waals surface area contributed by atoms with E-state index in [0.717, 1.165) is 76.9 Å². The standard InChI is InChI=1S/C50H64FN13O6/c1-3-70-49(69)40-30-52-50(56-38-29-53-59(2)32-38)58-45(40)55-36-8-11-39(12-9-36)61-24-26-64(27-25-61)48(68)35-6-4-34(5-7-35)47(67)63-18-16-33(17-19-63)31-60-20-22-62(23-21-60)43-14-10-37(28-41(43)51)54-42-13-15-44(65)57-46(42)66/h4-7,10,14,28-30,32-33,36,39,42,54H,3,8-9,11-13,15-27,31H2,1-2H3,(H,57,65,66)(H2,52,55,56,58). The van der Waals surface area contributed by atoms with Gasteiger partial charge in [0, 0.05) is 127 Å². The minimum absolute atomic E-state index is 0.0102. The summed E-state index contributed by atoms with van der Waals surface area (Å²) in [7, 11) is 1.83. The number of halogens is 1. The number of benzene rings is 2. The van der Waals surface area contributed by atoms with Crippen LogP contribution >= 0.6 is 0 Å². The van der Waals surface area contributed by atoms with Crippen molar-refractivity contribution in [3.63, 3.8) is 0 Å². The molecular weight excluding hydrogens is 898 g/mol. The monoisotopic (exact) mass is 962 g/mol. The molecule has 5 fully saturated rings. The number of piperazine rings is 2. The van der Waals surface area contributed by atoms with Gasteiger partial charge in [-0.3, -0.25) is 39.0 Å². The summed E-state index contributed by atoms with van der Waals surface area (Å²) in [5, 5.41) is 16.2. The van der Waals surface area contributed by atoms with E-state index in [2.05, 4.69) is 51.0 Å². The summed E-state index contributed by atoms with van der Waals surface area (Å²) in [6.07, 6.45) is 11.2. The topological polar surface area (TPSA) is 202 Å². The number of aromatic nitrogens is 4. The number of hydrogen-bond acceptors (Lipinski definition) is 15. The van der Waals surface area contributed by atoms with Crippen LogP contribution in [0.25, 0.3) is 0 Å². The lowest BCUT2D eigenvalue weighted by atomic mass is 9.89. The zero-order chi connectivity index (χ0) is 48.7. The van der Waals surface area contributed by atoms with Gasteiger partial charge in [0.1, 0.15) is 23.2 Å². The molecular formula is C50H64FN13O6. The molecule has 4 aliphatic heterocycles. The van der Waals surface area contributed by atoms with E-state index in [4.69, 9.17) is 4.74 Å². The first-order valence-corrected chi connectivity index (χ1v) is 24.8. The summed E-state index contributed by atoms with van der Waals surface area (Å²) in [5.41, 5.74) is 3.26. The Morgan fingerprint density at radius 1 is 0.786 bits per heavy atom. The number of carbonyl (C=O) groups is 5. The number of ether oxygens (including phenoxy) is 1. The van der Waals surface area contributed by atoms with Gasteiger partial charge in [0.05, 0.1) is 24.2 Å². The molecule has 19 nitrogen and oxygen atoms in total. The lowest BCUT2D eigenvalue weighted by Crippen LogP contribution is -2.53. The van der Waals surface area contributed by atoms with Crippen molar-refractivity contribution in [1.29, 1.82) is 0 Å². The van der Waals surface area contributed by atoms with Crippen molar-refractivity contribution in [1.82, 2.24) is 44.7 Å². The van der Waals surface area contributed by atoms with Crippen molar-refractivity contribution in [3.8, 4) is 0 Å². The van der Waals surface area contributed by atoms with E-state index >= 15 is 4.39 Å². The quantitative estimate of drug-likeness (QED) is 0.103. The van der Waals surface area contributed by atoms with E-state index in [1.165, 1.54) is 12.3 Å². The molecule has 0 bridgehead atoms. The fraction of sp³-hybridized carbons (Fsp3) is 0.520. The maximum atomic E-state index is 15.3. The number of anilines is 5. The Bertz CT molecular complexity index is 2510. The summed E-state index contributed by atoms with van der Waals surface area (Å²) >= 11 is 0. The Labute approximate surface area is 407 Å². The first kappa shape index (κ1) is 48.4. The molecule has 4 aromatic rings. The molecule has 1 saturated carbocycles. The summed E-state index contributed by atoms with van der Waals surface area (Å²) < 4.78 is 22.2. The van der Waals surface area contributed by atoms with E-state index in [0.29, 0.717) is 97.5 Å². The molecule has 372 valence electrons. The molecule has 9 rings (SSSR count). The van der Waals surface area contributed by atoms with Gasteiger partial charge in [-0.2, -0.15) is 10.1 Å². The number of piperidine rings is 2. The molecule has 1 unspecified atom stereocenters. The number of likely N-dealkylation sites (tertiary alicyclic amines) is 1. The highest BCUT2D eigenvalue weighted by molar-refractivity contribution is 6.01. The Balaban J connectivity index is 0.678. The van der Waals surface area contributed by atoms with Gasteiger partial charge in [0.25, 0.3) is 11.8 Å². The van der Waals surface area contributed by atoms with Crippen LogP contribution < -0.4 is 26.2 Å². The van der Waals surface area contributed by atoms with Gasteiger partial charge in [-0.05, 0) is 100 Å². The smallest absolute Gasteiger partial charge is 0.343 e. The van der Waals surface area contributed by atoms with Crippen molar-refractivity contribution >= 4 is 58.4 Å². The first-order valence-electron chi connectivity index (χ1n) is 24.8. The number of amides is 4. The average molecular weight is 962 g/mol. The minimum atomic E-state index is -0.567. The van der Waals surface area contributed by atoms with Gasteiger partial charge >= 0.3 is 5.97 Å². The second-order valence-electron chi connectivity index (χ2n) is 19.1. The van der Waals surface area contributed by atoms with Gasteiger partial charge < -0.3 is 35.4 Å². The third-order valence-corrected chi connectivity index (χ3v) is 14.4. The number of nitrogens with one attached hydrogen (secondary N) is 4. The molecule has 20 heteroatoms. The maximum absolute atomic E-state index is 15.3. The van der Waals surface area contributed by atoms with Crippen molar-refractivity contribution in [2.75, 3.05) is 99.4 Å². The first-order chi connectivity index (χ1) is 34.0. The fourth-order valence-corrected chi connectivity index (χ4v) is 10.5. The Kier molecular flexibility index (Phi) is 15.2. The predicted molar refractivity (Wildman–Crippen MR) is 262 cm³/mol. The van der Waals surface area contributed by atoms with Crippen LogP contribution in [0.5, 0.6) is 0 Å². The molecule has 4 saturated heterocycles. The van der Waals surface area contributed by atoms with E-state index in [9.17, 15) is 24.0 Å². The number of aryl methyl sites for hydroxylation is 1. The SMILES string of the molecule is CCOC(=O)c1cnc(Nc2cnn(C)c2)nc1NC1CCC(N2CCN(C(=O)c3ccc(C(=O)N4CCC(CN5CCN(c6ccc(NC7CCC(=O)NC7=O)cc6F)CC5)CC4)cc3)CC2)CC1. The van der Waals surface area contributed by atoms with E-state index in [1.807, 2.05) is 23.0 Å². The zero-order valence-electron chi connectivity index (χ0n) is 40.1. The van der Waals surface area contributed by atoms with Gasteiger partial charge in [-0.1, -0.05) is 0 Å². The van der Waals surface area contributed by atoms with Gasteiger partial charge in [0.15, 0.2) is 0 Å². The second kappa shape index (κ2) is 22.0. The predicted octanol–water partition coefficient (Wildman–Crippen LogP) is 4.34. The van der Waals surface area contributed by atoms with Crippen LogP contribution in [0.2, 0.25) is 0 Å². The number of imide groups is 1. The number of hydrogen-bond donors (Lipinski definition) is 4. The van der Waals surface area contributed by atoms with Crippen molar-refractivity contribution in [2.24, 2.45) is 13.0 Å². The number of rotatable bonds is 14. The molecule has 70 heavy (non-hydrogen) atoms. The third-order valence-electron chi connectivity index (χ3n) is 14.4. The molecule has 6 heterocycles. The summed E-state index contributed by atoms with van der Waals surface area (Å²) in [4.78, 5) is 83.4. The van der Waals surface area contributed by atoms with Crippen LogP contribution in [0.15, 0.2) is 61.1 Å². The molecule has 1 atom stereocenters. The highest BCUT2D eigenvalue weighted by atomic mass is 19.1. The molecule has 2 aromatic heterocycles. The third kappa shape index (κ3) is 11.7. The largest absolute Gasteiger partial charge is 0.462 e. The Hall–Kier alpha value is -6.67. The number of nitrogens with zero attached hydrogens (tertiary/aromatic N) is 9. The van der Waals surface area contributed by atoms with E-state index < -0.39 is 12.0 Å². The van der Waals surface area contributed by atoms with Crippen LogP contribution in [-0.4, -0.2) is 166 Å². The lowest BCUT2D eigenvalue weighted by Gasteiger charge is -2.42. The molecule has 2 aromatic carbocycles. The number of esters is 1.